The molecule has 2 aromatic carbocycles. The van der Waals surface area contributed by atoms with Gasteiger partial charge in [-0.25, -0.2) is 10.9 Å². The molecule has 0 atom stereocenters. The molecule has 0 unspecified atom stereocenters. The first kappa shape index (κ1) is 20.5. The van der Waals surface area contributed by atoms with Crippen LogP contribution in [0.4, 0.5) is 0 Å². The standard InChI is InChI=1S/C22H22N4O2/c1-17(13-19-9-5-3-6-10-19)15-23-25-21(27)22(28)26-24-16-18(2)14-20-11-7-4-8-12-20/h3-16H,1-2H3,(H,25,27)(H,26,28)/b17-13+,18-14+,23-15-,24-16+. The van der Waals surface area contributed by atoms with Crippen LogP contribution in [0.25, 0.3) is 12.2 Å². The Hall–Kier alpha value is -3.80. The van der Waals surface area contributed by atoms with Crippen molar-refractivity contribution in [3.05, 3.63) is 82.9 Å². The van der Waals surface area contributed by atoms with Gasteiger partial charge >= 0.3 is 11.8 Å². The second-order valence-corrected chi connectivity index (χ2v) is 6.00. The van der Waals surface area contributed by atoms with E-state index < -0.39 is 11.8 Å². The van der Waals surface area contributed by atoms with E-state index in [2.05, 4.69) is 21.1 Å². The van der Waals surface area contributed by atoms with Crippen molar-refractivity contribution in [1.82, 2.24) is 10.9 Å². The maximum Gasteiger partial charge on any atom is 0.331 e. The number of carbonyl (C=O) groups excluding carboxylic acids is 2. The fraction of sp³-hybridized carbons (Fsp3) is 0.0909. The Balaban J connectivity index is 1.80. The Bertz CT molecular complexity index is 837. The number of hydrogen-bond acceptors (Lipinski definition) is 4. The summed E-state index contributed by atoms with van der Waals surface area (Å²) in [5.41, 5.74) is 8.02. The summed E-state index contributed by atoms with van der Waals surface area (Å²) >= 11 is 0. The van der Waals surface area contributed by atoms with Gasteiger partial charge in [-0.2, -0.15) is 10.2 Å². The third-order valence-corrected chi connectivity index (χ3v) is 3.46. The molecule has 0 aliphatic rings. The molecular formula is C22H22N4O2. The highest BCUT2D eigenvalue weighted by atomic mass is 16.2. The number of hydrazone groups is 2. The smallest absolute Gasteiger partial charge is 0.262 e. The van der Waals surface area contributed by atoms with Gasteiger partial charge in [-0.1, -0.05) is 72.8 Å². The number of hydrogen-bond donors (Lipinski definition) is 2. The molecule has 6 nitrogen and oxygen atoms in total. The molecule has 0 aromatic heterocycles. The molecule has 2 aromatic rings. The van der Waals surface area contributed by atoms with E-state index in [1.165, 1.54) is 12.4 Å². The molecule has 0 aliphatic heterocycles. The Morgan fingerprint density at radius 1 is 0.679 bits per heavy atom. The second-order valence-electron chi connectivity index (χ2n) is 6.00. The largest absolute Gasteiger partial charge is 0.331 e. The zero-order valence-corrected chi connectivity index (χ0v) is 15.8. The highest BCUT2D eigenvalue weighted by Crippen LogP contribution is 2.05. The summed E-state index contributed by atoms with van der Waals surface area (Å²) in [4.78, 5) is 23.4. The molecule has 0 heterocycles. The van der Waals surface area contributed by atoms with Crippen LogP contribution in [-0.2, 0) is 9.59 Å². The van der Waals surface area contributed by atoms with Crippen LogP contribution in [0.5, 0.6) is 0 Å². The molecule has 0 bridgehead atoms. The third-order valence-electron chi connectivity index (χ3n) is 3.46. The Labute approximate surface area is 164 Å². The van der Waals surface area contributed by atoms with Crippen molar-refractivity contribution in [2.45, 2.75) is 13.8 Å². The van der Waals surface area contributed by atoms with Gasteiger partial charge in [-0.3, -0.25) is 9.59 Å². The van der Waals surface area contributed by atoms with Gasteiger partial charge in [0.05, 0.1) is 12.4 Å². The van der Waals surface area contributed by atoms with Crippen molar-refractivity contribution in [2.75, 3.05) is 0 Å². The van der Waals surface area contributed by atoms with Gasteiger partial charge in [0.1, 0.15) is 0 Å². The Morgan fingerprint density at radius 2 is 1.04 bits per heavy atom. The van der Waals surface area contributed by atoms with E-state index in [1.54, 1.807) is 0 Å². The molecular weight excluding hydrogens is 352 g/mol. The molecule has 0 radical (unpaired) electrons. The zero-order chi connectivity index (χ0) is 20.2. The Kier molecular flexibility index (Phi) is 8.08. The first-order chi connectivity index (χ1) is 13.5. The molecule has 2 rings (SSSR count). The van der Waals surface area contributed by atoms with E-state index in [0.717, 1.165) is 22.3 Å². The lowest BCUT2D eigenvalue weighted by molar-refractivity contribution is -0.139. The fourth-order valence-corrected chi connectivity index (χ4v) is 2.19. The van der Waals surface area contributed by atoms with Crippen LogP contribution in [0, 0.1) is 0 Å². The van der Waals surface area contributed by atoms with Crippen molar-refractivity contribution in [1.29, 1.82) is 0 Å². The molecule has 0 fully saturated rings. The summed E-state index contributed by atoms with van der Waals surface area (Å²) in [7, 11) is 0. The van der Waals surface area contributed by atoms with E-state index in [-0.39, 0.29) is 0 Å². The summed E-state index contributed by atoms with van der Waals surface area (Å²) in [6, 6.07) is 19.4. The number of nitrogens with one attached hydrogen (secondary N) is 2. The van der Waals surface area contributed by atoms with Crippen molar-refractivity contribution in [3.63, 3.8) is 0 Å². The zero-order valence-electron chi connectivity index (χ0n) is 15.8. The van der Waals surface area contributed by atoms with Crippen molar-refractivity contribution >= 4 is 36.4 Å². The van der Waals surface area contributed by atoms with Crippen LogP contribution in [0.3, 0.4) is 0 Å². The van der Waals surface area contributed by atoms with Gasteiger partial charge in [-0.15, -0.1) is 0 Å². The number of nitrogens with zero attached hydrogens (tertiary/aromatic N) is 2. The summed E-state index contributed by atoms with van der Waals surface area (Å²) in [5, 5.41) is 7.54. The van der Waals surface area contributed by atoms with E-state index in [1.807, 2.05) is 86.7 Å². The summed E-state index contributed by atoms with van der Waals surface area (Å²) in [5.74, 6) is -1.80. The van der Waals surface area contributed by atoms with Gasteiger partial charge < -0.3 is 0 Å². The minimum Gasteiger partial charge on any atom is -0.262 e. The van der Waals surface area contributed by atoms with Gasteiger partial charge in [0.2, 0.25) is 0 Å². The van der Waals surface area contributed by atoms with E-state index in [9.17, 15) is 9.59 Å². The molecule has 28 heavy (non-hydrogen) atoms. The van der Waals surface area contributed by atoms with Crippen LogP contribution in [-0.4, -0.2) is 24.2 Å². The van der Waals surface area contributed by atoms with Gasteiger partial charge in [-0.05, 0) is 36.1 Å². The molecule has 6 heteroatoms. The highest BCUT2D eigenvalue weighted by molar-refractivity contribution is 6.35. The lowest BCUT2D eigenvalue weighted by Crippen LogP contribution is -2.35. The number of allylic oxidation sites excluding steroid dienone is 2. The molecule has 0 saturated heterocycles. The van der Waals surface area contributed by atoms with E-state index in [4.69, 9.17) is 0 Å². The lowest BCUT2D eigenvalue weighted by Gasteiger charge is -1.99. The normalized spacial score (nSPS) is 12.4. The highest BCUT2D eigenvalue weighted by Gasteiger charge is 2.10. The maximum atomic E-state index is 11.7. The minimum atomic E-state index is -0.898. The SMILES string of the molecule is CC(/C=N\NC(=O)C(=O)N/N=C/C(C)=C/c1ccccc1)=C\c1ccccc1. The number of amides is 2. The summed E-state index contributed by atoms with van der Waals surface area (Å²) in [6.45, 7) is 3.68. The second kappa shape index (κ2) is 11.0. The minimum absolute atomic E-state index is 0.826. The molecule has 142 valence electrons. The first-order valence-corrected chi connectivity index (χ1v) is 8.68. The van der Waals surface area contributed by atoms with Crippen molar-refractivity contribution in [3.8, 4) is 0 Å². The lowest BCUT2D eigenvalue weighted by atomic mass is 10.1. The quantitative estimate of drug-likeness (QED) is 0.461. The topological polar surface area (TPSA) is 82.9 Å². The molecule has 0 saturated carbocycles. The van der Waals surface area contributed by atoms with Crippen LogP contribution >= 0.6 is 0 Å². The fourth-order valence-electron chi connectivity index (χ4n) is 2.19. The first-order valence-electron chi connectivity index (χ1n) is 8.68. The maximum absolute atomic E-state index is 11.7. The predicted molar refractivity (Wildman–Crippen MR) is 113 cm³/mol. The van der Waals surface area contributed by atoms with Crippen molar-refractivity contribution < 1.29 is 9.59 Å². The number of benzene rings is 2. The van der Waals surface area contributed by atoms with Crippen LogP contribution in [0.1, 0.15) is 25.0 Å². The van der Waals surface area contributed by atoms with E-state index in [0.29, 0.717) is 0 Å². The number of rotatable bonds is 6. The monoisotopic (exact) mass is 374 g/mol. The molecule has 2 N–H and O–H groups in total. The van der Waals surface area contributed by atoms with Gasteiger partial charge in [0, 0.05) is 0 Å². The summed E-state index contributed by atoms with van der Waals surface area (Å²) in [6.07, 6.45) is 6.74. The summed E-state index contributed by atoms with van der Waals surface area (Å²) < 4.78 is 0. The van der Waals surface area contributed by atoms with Crippen LogP contribution < -0.4 is 10.9 Å². The predicted octanol–water partition coefficient (Wildman–Crippen LogP) is 3.40. The average molecular weight is 374 g/mol. The van der Waals surface area contributed by atoms with Gasteiger partial charge in [0.25, 0.3) is 0 Å². The molecule has 2 amide bonds. The van der Waals surface area contributed by atoms with Crippen molar-refractivity contribution in [2.24, 2.45) is 10.2 Å². The molecule has 0 spiro atoms. The molecule has 0 aliphatic carbocycles. The third kappa shape index (κ3) is 7.61. The van der Waals surface area contributed by atoms with Crippen LogP contribution in [0.15, 0.2) is 82.0 Å². The average Bonchev–Trinajstić information content (AvgIpc) is 2.69. The van der Waals surface area contributed by atoms with E-state index >= 15 is 0 Å². The van der Waals surface area contributed by atoms with Gasteiger partial charge in [0.15, 0.2) is 0 Å². The van der Waals surface area contributed by atoms with Crippen LogP contribution in [0.2, 0.25) is 0 Å². The Morgan fingerprint density at radius 3 is 1.39 bits per heavy atom. The number of carbonyl (C=O) groups is 2.